The first kappa shape index (κ1) is 7.07. The minimum absolute atomic E-state index is 0.512. The molecule has 2 heteroatoms. The molecular formula is C10H15NO. The fourth-order valence-corrected chi connectivity index (χ4v) is 3.50. The van der Waals surface area contributed by atoms with Gasteiger partial charge in [-0.2, -0.15) is 0 Å². The summed E-state index contributed by atoms with van der Waals surface area (Å²) in [4.78, 5) is 13.8. The van der Waals surface area contributed by atoms with Crippen molar-refractivity contribution in [3.05, 3.63) is 0 Å². The van der Waals surface area contributed by atoms with Crippen LogP contribution in [0.4, 0.5) is 0 Å². The van der Waals surface area contributed by atoms with Gasteiger partial charge < -0.3 is 0 Å². The Kier molecular flexibility index (Phi) is 1.24. The van der Waals surface area contributed by atoms with Crippen LogP contribution in [-0.2, 0) is 4.79 Å². The van der Waals surface area contributed by atoms with Crippen LogP contribution in [0.1, 0.15) is 25.7 Å². The zero-order chi connectivity index (χ0) is 8.29. The van der Waals surface area contributed by atoms with Gasteiger partial charge in [0.25, 0.3) is 0 Å². The van der Waals surface area contributed by atoms with Crippen molar-refractivity contribution in [2.24, 2.45) is 11.8 Å². The molecule has 1 aliphatic carbocycles. The molecule has 0 spiro atoms. The maximum Gasteiger partial charge on any atom is 0.136 e. The summed E-state index contributed by atoms with van der Waals surface area (Å²) in [7, 11) is 2.21. The van der Waals surface area contributed by atoms with E-state index < -0.39 is 0 Å². The number of rotatable bonds is 0. The van der Waals surface area contributed by atoms with Gasteiger partial charge in [0.15, 0.2) is 0 Å². The van der Waals surface area contributed by atoms with Crippen LogP contribution >= 0.6 is 0 Å². The summed E-state index contributed by atoms with van der Waals surface area (Å²) < 4.78 is 0. The Balaban J connectivity index is 1.95. The van der Waals surface area contributed by atoms with Crippen LogP contribution in [0.15, 0.2) is 0 Å². The maximum atomic E-state index is 11.4. The van der Waals surface area contributed by atoms with E-state index in [-0.39, 0.29) is 0 Å². The number of hydrogen-bond donors (Lipinski definition) is 0. The SMILES string of the molecule is CN1[C@H]2CC(=O)C[C@H]1[C@H]1CC[C@H]12. The molecule has 2 aliphatic heterocycles. The second-order valence-corrected chi connectivity index (χ2v) is 4.65. The van der Waals surface area contributed by atoms with Gasteiger partial charge in [0, 0.05) is 24.9 Å². The van der Waals surface area contributed by atoms with Crippen molar-refractivity contribution in [1.82, 2.24) is 4.90 Å². The molecule has 0 amide bonds. The lowest BCUT2D eigenvalue weighted by atomic mass is 9.71. The fraction of sp³-hybridized carbons (Fsp3) is 0.900. The Bertz CT molecular complexity index is 212. The zero-order valence-electron chi connectivity index (χ0n) is 7.49. The molecule has 0 aromatic heterocycles. The highest BCUT2D eigenvalue weighted by molar-refractivity contribution is 5.81. The lowest BCUT2D eigenvalue weighted by Crippen LogP contribution is -2.41. The third-order valence-electron chi connectivity index (χ3n) is 4.29. The van der Waals surface area contributed by atoms with Gasteiger partial charge >= 0.3 is 0 Å². The Morgan fingerprint density at radius 2 is 1.67 bits per heavy atom. The molecular weight excluding hydrogens is 150 g/mol. The fourth-order valence-electron chi connectivity index (χ4n) is 3.50. The predicted molar refractivity (Wildman–Crippen MR) is 45.8 cm³/mol. The van der Waals surface area contributed by atoms with Crippen LogP contribution < -0.4 is 0 Å². The quantitative estimate of drug-likeness (QED) is 0.535. The molecule has 1 saturated carbocycles. The van der Waals surface area contributed by atoms with Crippen molar-refractivity contribution in [3.63, 3.8) is 0 Å². The number of piperidine rings is 1. The number of carbonyl (C=O) groups is 1. The third-order valence-corrected chi connectivity index (χ3v) is 4.29. The molecule has 2 bridgehead atoms. The number of hydrogen-bond acceptors (Lipinski definition) is 2. The minimum Gasteiger partial charge on any atom is -0.300 e. The average Bonchev–Trinajstić information content (AvgIpc) is 2.10. The molecule has 0 N–H and O–H groups in total. The molecule has 2 heterocycles. The molecule has 0 radical (unpaired) electrons. The Morgan fingerprint density at radius 3 is 2.08 bits per heavy atom. The number of ketones is 1. The van der Waals surface area contributed by atoms with E-state index in [1.807, 2.05) is 0 Å². The summed E-state index contributed by atoms with van der Waals surface area (Å²) in [5, 5.41) is 0. The molecule has 2 saturated heterocycles. The molecule has 3 rings (SSSR count). The van der Waals surface area contributed by atoms with Gasteiger partial charge in [-0.1, -0.05) is 0 Å². The van der Waals surface area contributed by atoms with E-state index in [1.54, 1.807) is 0 Å². The largest absolute Gasteiger partial charge is 0.300 e. The van der Waals surface area contributed by atoms with E-state index in [0.717, 1.165) is 24.7 Å². The molecule has 3 aliphatic rings. The van der Waals surface area contributed by atoms with Crippen LogP contribution in [0.3, 0.4) is 0 Å². The first-order valence-corrected chi connectivity index (χ1v) is 5.01. The summed E-state index contributed by atoms with van der Waals surface area (Å²) in [6.45, 7) is 0. The van der Waals surface area contributed by atoms with Crippen molar-refractivity contribution >= 4 is 5.78 Å². The monoisotopic (exact) mass is 165 g/mol. The first-order valence-electron chi connectivity index (χ1n) is 5.01. The van der Waals surface area contributed by atoms with Gasteiger partial charge in [-0.3, -0.25) is 9.69 Å². The number of fused-ring (bicyclic) bond motifs is 5. The second kappa shape index (κ2) is 2.11. The van der Waals surface area contributed by atoms with E-state index in [2.05, 4.69) is 11.9 Å². The number of Topliss-reactive ketones (excluding diaryl/α,β-unsaturated/α-hetero) is 1. The van der Waals surface area contributed by atoms with Gasteiger partial charge in [0.05, 0.1) is 0 Å². The zero-order valence-corrected chi connectivity index (χ0v) is 7.49. The van der Waals surface area contributed by atoms with Crippen molar-refractivity contribution < 1.29 is 4.79 Å². The molecule has 12 heavy (non-hydrogen) atoms. The standard InChI is InChI=1S/C10H15NO/c1-11-9-4-6(12)5-10(11)8-3-2-7(8)9/h7-10H,2-5H2,1H3/t7-,8+,9-,10-/m0/s1. The van der Waals surface area contributed by atoms with Gasteiger partial charge in [-0.15, -0.1) is 0 Å². The smallest absolute Gasteiger partial charge is 0.136 e. The van der Waals surface area contributed by atoms with Gasteiger partial charge in [-0.25, -0.2) is 0 Å². The van der Waals surface area contributed by atoms with Crippen molar-refractivity contribution in [2.45, 2.75) is 37.8 Å². The van der Waals surface area contributed by atoms with E-state index in [1.165, 1.54) is 12.8 Å². The van der Waals surface area contributed by atoms with Crippen molar-refractivity contribution in [3.8, 4) is 0 Å². The minimum atomic E-state index is 0.512. The van der Waals surface area contributed by atoms with E-state index in [0.29, 0.717) is 17.9 Å². The van der Waals surface area contributed by atoms with Gasteiger partial charge in [-0.05, 0) is 31.7 Å². The van der Waals surface area contributed by atoms with Crippen LogP contribution in [0.2, 0.25) is 0 Å². The van der Waals surface area contributed by atoms with Crippen LogP contribution in [0.25, 0.3) is 0 Å². The van der Waals surface area contributed by atoms with E-state index in [9.17, 15) is 4.79 Å². The molecule has 4 atom stereocenters. The lowest BCUT2D eigenvalue weighted by molar-refractivity contribution is -0.123. The van der Waals surface area contributed by atoms with E-state index in [4.69, 9.17) is 0 Å². The van der Waals surface area contributed by atoms with Crippen molar-refractivity contribution in [1.29, 1.82) is 0 Å². The van der Waals surface area contributed by atoms with Crippen molar-refractivity contribution in [2.75, 3.05) is 7.05 Å². The number of nitrogens with zero attached hydrogens (tertiary/aromatic N) is 1. The summed E-state index contributed by atoms with van der Waals surface area (Å²) in [5.74, 6) is 2.27. The van der Waals surface area contributed by atoms with Gasteiger partial charge in [0.2, 0.25) is 0 Å². The lowest BCUT2D eigenvalue weighted by Gasteiger charge is -2.32. The van der Waals surface area contributed by atoms with Crippen LogP contribution in [0, 0.1) is 11.8 Å². The average molecular weight is 165 g/mol. The summed E-state index contributed by atoms with van der Waals surface area (Å²) in [5.41, 5.74) is 0. The van der Waals surface area contributed by atoms with E-state index >= 15 is 0 Å². The van der Waals surface area contributed by atoms with Gasteiger partial charge in [0.1, 0.15) is 5.78 Å². The summed E-state index contributed by atoms with van der Waals surface area (Å²) >= 11 is 0. The molecule has 66 valence electrons. The first-order chi connectivity index (χ1) is 5.77. The molecule has 0 aromatic carbocycles. The summed E-state index contributed by atoms with van der Waals surface area (Å²) in [6, 6.07) is 1.24. The second-order valence-electron chi connectivity index (χ2n) is 4.65. The predicted octanol–water partition coefficient (Wildman–Crippen LogP) is 1.06. The van der Waals surface area contributed by atoms with Crippen LogP contribution in [-0.4, -0.2) is 29.8 Å². The summed E-state index contributed by atoms with van der Waals surface area (Å²) in [6.07, 6.45) is 4.44. The molecule has 2 nitrogen and oxygen atoms in total. The molecule has 0 aromatic rings. The third kappa shape index (κ3) is 0.674. The maximum absolute atomic E-state index is 11.4. The highest BCUT2D eigenvalue weighted by atomic mass is 16.1. The van der Waals surface area contributed by atoms with Crippen LogP contribution in [0.5, 0.6) is 0 Å². The Morgan fingerprint density at radius 1 is 1.17 bits per heavy atom. The molecule has 3 fully saturated rings. The highest BCUT2D eigenvalue weighted by Crippen LogP contribution is 2.52. The topological polar surface area (TPSA) is 20.3 Å². The molecule has 0 unspecified atom stereocenters. The normalized spacial score (nSPS) is 51.9. The Hall–Kier alpha value is -0.370. The Labute approximate surface area is 72.9 Å². The highest BCUT2D eigenvalue weighted by Gasteiger charge is 2.54. The number of carbonyl (C=O) groups excluding carboxylic acids is 1.